The molecule has 7 nitrogen and oxygen atoms in total. The first-order chi connectivity index (χ1) is 12.7. The molecule has 0 N–H and O–H groups in total. The van der Waals surface area contributed by atoms with Gasteiger partial charge in [0.1, 0.15) is 5.01 Å². The maximum Gasteiger partial charge on any atom is 0.226 e. The molecule has 1 aliphatic heterocycles. The Morgan fingerprint density at radius 3 is 2.38 bits per heavy atom. The molecule has 0 radical (unpaired) electrons. The standard InChI is InChI=1S/C18H21N7S/c1-13(2)16-22-23-18(26-16)25-11-9-24(10-12-25)17-20-8-6-15(21-17)14-5-3-4-7-19-14/h3-8,13H,9-12H2,1-2H3. The molecule has 4 rings (SSSR count). The smallest absolute Gasteiger partial charge is 0.226 e. The molecule has 1 aliphatic rings. The van der Waals surface area contributed by atoms with Crippen LogP contribution in [0, 0.1) is 0 Å². The van der Waals surface area contributed by atoms with Gasteiger partial charge >= 0.3 is 0 Å². The average molecular weight is 367 g/mol. The highest BCUT2D eigenvalue weighted by Crippen LogP contribution is 2.27. The van der Waals surface area contributed by atoms with E-state index in [1.807, 2.05) is 24.3 Å². The SMILES string of the molecule is CC(C)c1nnc(N2CCN(c3nccc(-c4ccccn4)n3)CC2)s1. The van der Waals surface area contributed by atoms with Crippen LogP contribution in [0.15, 0.2) is 36.7 Å². The van der Waals surface area contributed by atoms with Gasteiger partial charge in [0.25, 0.3) is 0 Å². The molecule has 134 valence electrons. The zero-order valence-electron chi connectivity index (χ0n) is 14.9. The van der Waals surface area contributed by atoms with E-state index in [-0.39, 0.29) is 0 Å². The molecule has 1 saturated heterocycles. The van der Waals surface area contributed by atoms with E-state index in [9.17, 15) is 0 Å². The molecule has 26 heavy (non-hydrogen) atoms. The Labute approximate surface area is 156 Å². The maximum absolute atomic E-state index is 4.70. The van der Waals surface area contributed by atoms with E-state index >= 15 is 0 Å². The summed E-state index contributed by atoms with van der Waals surface area (Å²) in [5.41, 5.74) is 1.72. The number of aromatic nitrogens is 5. The van der Waals surface area contributed by atoms with Gasteiger partial charge < -0.3 is 9.80 Å². The molecule has 0 amide bonds. The lowest BCUT2D eigenvalue weighted by Gasteiger charge is -2.34. The molecule has 3 aromatic rings. The summed E-state index contributed by atoms with van der Waals surface area (Å²) < 4.78 is 0. The fraction of sp³-hybridized carbons (Fsp3) is 0.389. The lowest BCUT2D eigenvalue weighted by atomic mass is 10.2. The Hall–Kier alpha value is -2.61. The van der Waals surface area contributed by atoms with E-state index in [4.69, 9.17) is 4.98 Å². The van der Waals surface area contributed by atoms with Gasteiger partial charge in [0.15, 0.2) is 0 Å². The number of rotatable bonds is 4. The van der Waals surface area contributed by atoms with Gasteiger partial charge in [-0.25, -0.2) is 9.97 Å². The Bertz CT molecular complexity index is 857. The van der Waals surface area contributed by atoms with Crippen molar-refractivity contribution < 1.29 is 0 Å². The minimum absolute atomic E-state index is 0.422. The molecule has 0 spiro atoms. The lowest BCUT2D eigenvalue weighted by Crippen LogP contribution is -2.47. The Morgan fingerprint density at radius 1 is 0.885 bits per heavy atom. The van der Waals surface area contributed by atoms with Crippen LogP contribution in [0.4, 0.5) is 11.1 Å². The van der Waals surface area contributed by atoms with Crippen molar-refractivity contribution in [2.75, 3.05) is 36.0 Å². The second-order valence-electron chi connectivity index (χ2n) is 6.51. The molecule has 0 saturated carbocycles. The summed E-state index contributed by atoms with van der Waals surface area (Å²) in [4.78, 5) is 18.0. The predicted octanol–water partition coefficient (Wildman–Crippen LogP) is 2.84. The largest absolute Gasteiger partial charge is 0.343 e. The normalized spacial score (nSPS) is 14.9. The summed E-state index contributed by atoms with van der Waals surface area (Å²) in [6, 6.07) is 7.74. The summed E-state index contributed by atoms with van der Waals surface area (Å²) in [6.07, 6.45) is 3.59. The molecule has 3 aromatic heterocycles. The van der Waals surface area contributed by atoms with Gasteiger partial charge in [0.2, 0.25) is 11.1 Å². The first-order valence-electron chi connectivity index (χ1n) is 8.78. The number of nitrogens with zero attached hydrogens (tertiary/aromatic N) is 7. The summed E-state index contributed by atoms with van der Waals surface area (Å²) in [7, 11) is 0. The summed E-state index contributed by atoms with van der Waals surface area (Å²) in [5, 5.41) is 10.7. The van der Waals surface area contributed by atoms with Crippen LogP contribution < -0.4 is 9.80 Å². The van der Waals surface area contributed by atoms with Crippen molar-refractivity contribution in [3.05, 3.63) is 41.7 Å². The van der Waals surface area contributed by atoms with Crippen LogP contribution in [-0.4, -0.2) is 51.3 Å². The number of pyridine rings is 1. The van der Waals surface area contributed by atoms with Crippen molar-refractivity contribution in [2.45, 2.75) is 19.8 Å². The van der Waals surface area contributed by atoms with E-state index in [1.165, 1.54) is 0 Å². The molecule has 0 unspecified atom stereocenters. The molecular weight excluding hydrogens is 346 g/mol. The third-order valence-electron chi connectivity index (χ3n) is 4.33. The van der Waals surface area contributed by atoms with Gasteiger partial charge in [0, 0.05) is 44.5 Å². The maximum atomic E-state index is 4.70. The Balaban J connectivity index is 1.45. The monoisotopic (exact) mass is 367 g/mol. The van der Waals surface area contributed by atoms with E-state index in [0.717, 1.165) is 53.7 Å². The molecule has 1 fully saturated rings. The Morgan fingerprint density at radius 2 is 1.69 bits per heavy atom. The zero-order valence-corrected chi connectivity index (χ0v) is 15.7. The first kappa shape index (κ1) is 16.8. The predicted molar refractivity (Wildman–Crippen MR) is 104 cm³/mol. The molecule has 4 heterocycles. The summed E-state index contributed by atoms with van der Waals surface area (Å²) in [5.74, 6) is 1.18. The zero-order chi connectivity index (χ0) is 17.9. The second-order valence-corrected chi connectivity index (χ2v) is 7.50. The summed E-state index contributed by atoms with van der Waals surface area (Å²) in [6.45, 7) is 7.81. The molecule has 0 atom stereocenters. The quantitative estimate of drug-likeness (QED) is 0.702. The van der Waals surface area contributed by atoms with Crippen LogP contribution in [0.2, 0.25) is 0 Å². The highest BCUT2D eigenvalue weighted by Gasteiger charge is 2.22. The minimum Gasteiger partial charge on any atom is -0.343 e. The van der Waals surface area contributed by atoms with Crippen LogP contribution in [0.1, 0.15) is 24.8 Å². The van der Waals surface area contributed by atoms with E-state index in [1.54, 1.807) is 23.7 Å². The van der Waals surface area contributed by atoms with Gasteiger partial charge in [0.05, 0.1) is 11.4 Å². The van der Waals surface area contributed by atoms with Gasteiger partial charge in [-0.05, 0) is 18.2 Å². The Kier molecular flexibility index (Phi) is 4.75. The van der Waals surface area contributed by atoms with Crippen LogP contribution in [-0.2, 0) is 0 Å². The van der Waals surface area contributed by atoms with Gasteiger partial charge in [-0.3, -0.25) is 4.98 Å². The lowest BCUT2D eigenvalue weighted by molar-refractivity contribution is 0.636. The van der Waals surface area contributed by atoms with Crippen molar-refractivity contribution in [3.8, 4) is 11.4 Å². The highest BCUT2D eigenvalue weighted by molar-refractivity contribution is 7.15. The molecule has 0 bridgehead atoms. The van der Waals surface area contributed by atoms with Crippen molar-refractivity contribution in [2.24, 2.45) is 0 Å². The number of hydrogen-bond donors (Lipinski definition) is 0. The van der Waals surface area contributed by atoms with Gasteiger partial charge in [-0.1, -0.05) is 31.3 Å². The van der Waals surface area contributed by atoms with Crippen molar-refractivity contribution in [1.29, 1.82) is 0 Å². The highest BCUT2D eigenvalue weighted by atomic mass is 32.1. The van der Waals surface area contributed by atoms with Crippen molar-refractivity contribution >= 4 is 22.4 Å². The van der Waals surface area contributed by atoms with E-state index < -0.39 is 0 Å². The van der Waals surface area contributed by atoms with Crippen molar-refractivity contribution in [1.82, 2.24) is 25.1 Å². The van der Waals surface area contributed by atoms with Crippen LogP contribution in [0.25, 0.3) is 11.4 Å². The van der Waals surface area contributed by atoms with E-state index in [0.29, 0.717) is 5.92 Å². The molecular formula is C18H21N7S. The summed E-state index contributed by atoms with van der Waals surface area (Å²) >= 11 is 1.69. The third kappa shape index (κ3) is 3.50. The molecule has 0 aromatic carbocycles. The van der Waals surface area contributed by atoms with Crippen LogP contribution in [0.3, 0.4) is 0 Å². The first-order valence-corrected chi connectivity index (χ1v) is 9.60. The van der Waals surface area contributed by atoms with Crippen molar-refractivity contribution in [3.63, 3.8) is 0 Å². The number of piperazine rings is 1. The second kappa shape index (κ2) is 7.33. The number of hydrogen-bond acceptors (Lipinski definition) is 8. The molecule has 0 aliphatic carbocycles. The fourth-order valence-corrected chi connectivity index (χ4v) is 3.74. The van der Waals surface area contributed by atoms with Gasteiger partial charge in [-0.2, -0.15) is 0 Å². The minimum atomic E-state index is 0.422. The van der Waals surface area contributed by atoms with E-state index in [2.05, 4.69) is 43.8 Å². The van der Waals surface area contributed by atoms with Crippen LogP contribution in [0.5, 0.6) is 0 Å². The average Bonchev–Trinajstić information content (AvgIpc) is 3.20. The topological polar surface area (TPSA) is 70.9 Å². The third-order valence-corrected chi connectivity index (χ3v) is 5.61. The fourth-order valence-electron chi connectivity index (χ4n) is 2.84. The van der Waals surface area contributed by atoms with Crippen LogP contribution >= 0.6 is 11.3 Å². The number of anilines is 2. The molecule has 8 heteroatoms. The van der Waals surface area contributed by atoms with Gasteiger partial charge in [-0.15, -0.1) is 10.2 Å².